The largest absolute Gasteiger partial charge is 0.397 e. The number of benzene rings is 2. The fourth-order valence-corrected chi connectivity index (χ4v) is 3.58. The number of Topliss-reactive ketones (excluding diaryl/α,β-unsaturated/α-hetero) is 1. The molecule has 0 aliphatic carbocycles. The average Bonchev–Trinajstić information content (AvgIpc) is 2.68. The molecule has 0 fully saturated rings. The number of nitrogens with two attached hydrogens (primary N) is 1. The van der Waals surface area contributed by atoms with Crippen molar-refractivity contribution in [2.24, 2.45) is 0 Å². The van der Waals surface area contributed by atoms with E-state index in [1.807, 2.05) is 0 Å². The van der Waals surface area contributed by atoms with Gasteiger partial charge in [-0.15, -0.1) is 23.2 Å². The summed E-state index contributed by atoms with van der Waals surface area (Å²) in [5.41, 5.74) is 6.82. The van der Waals surface area contributed by atoms with Gasteiger partial charge in [-0.1, -0.05) is 30.3 Å². The molecule has 3 rings (SSSR count). The first-order valence-electron chi connectivity index (χ1n) is 8.55. The van der Waals surface area contributed by atoms with Crippen molar-refractivity contribution in [3.8, 4) is 0 Å². The Balaban J connectivity index is 2.17. The first kappa shape index (κ1) is 19.4. The summed E-state index contributed by atoms with van der Waals surface area (Å²) in [6, 6.07) is 12.9. The van der Waals surface area contributed by atoms with Gasteiger partial charge in [0.15, 0.2) is 5.78 Å². The summed E-state index contributed by atoms with van der Waals surface area (Å²) >= 11 is 12.5. The molecule has 2 aromatic carbocycles. The fourth-order valence-electron chi connectivity index (χ4n) is 3.07. The number of ketones is 1. The van der Waals surface area contributed by atoms with Crippen molar-refractivity contribution in [1.82, 2.24) is 0 Å². The number of hydrogen-bond donors (Lipinski definition) is 1. The van der Waals surface area contributed by atoms with Crippen LogP contribution in [-0.4, -0.2) is 28.4 Å². The minimum Gasteiger partial charge on any atom is -0.397 e. The minimum absolute atomic E-state index is 0.0866. The topological polar surface area (TPSA) is 80.5 Å². The van der Waals surface area contributed by atoms with Crippen molar-refractivity contribution in [3.05, 3.63) is 59.7 Å². The number of halogens is 2. The number of rotatable bonds is 1. The van der Waals surface area contributed by atoms with Gasteiger partial charge in [-0.2, -0.15) is 0 Å². The Morgan fingerprint density at radius 3 is 2.26 bits per heavy atom. The lowest BCUT2D eigenvalue weighted by molar-refractivity contribution is -0.118. The Morgan fingerprint density at radius 2 is 1.56 bits per heavy atom. The van der Waals surface area contributed by atoms with E-state index in [9.17, 15) is 14.4 Å². The number of anilines is 2. The monoisotopic (exact) mass is 404 g/mol. The molecule has 2 amide bonds. The maximum absolute atomic E-state index is 13.3. The Labute approximate surface area is 167 Å². The molecule has 2 unspecified atom stereocenters. The molecule has 7 heteroatoms. The number of nitrogen functional groups attached to an aromatic ring is 1. The molecular formula is C20H18Cl2N2O3. The molecule has 2 atom stereocenters. The number of hydrogen-bond acceptors (Lipinski definition) is 4. The predicted octanol–water partition coefficient (Wildman–Crippen LogP) is 4.02. The van der Waals surface area contributed by atoms with Crippen molar-refractivity contribution in [2.75, 3.05) is 10.6 Å². The molecule has 0 bridgehead atoms. The van der Waals surface area contributed by atoms with E-state index in [1.54, 1.807) is 36.4 Å². The normalized spacial score (nSPS) is 21.6. The van der Waals surface area contributed by atoms with Gasteiger partial charge in [-0.25, -0.2) is 4.90 Å². The molecule has 0 spiro atoms. The molecule has 0 radical (unpaired) electrons. The molecule has 1 aliphatic heterocycles. The van der Waals surface area contributed by atoms with Crippen LogP contribution in [-0.2, 0) is 4.79 Å². The van der Waals surface area contributed by atoms with E-state index in [4.69, 9.17) is 28.9 Å². The van der Waals surface area contributed by atoms with Gasteiger partial charge in [-0.05, 0) is 31.0 Å². The van der Waals surface area contributed by atoms with Crippen molar-refractivity contribution in [1.29, 1.82) is 0 Å². The van der Waals surface area contributed by atoms with E-state index in [1.165, 1.54) is 12.1 Å². The highest BCUT2D eigenvalue weighted by Crippen LogP contribution is 2.29. The van der Waals surface area contributed by atoms with Crippen LogP contribution in [0.25, 0.3) is 0 Å². The third-order valence-electron chi connectivity index (χ3n) is 4.49. The van der Waals surface area contributed by atoms with Gasteiger partial charge in [0, 0.05) is 12.0 Å². The number of amides is 2. The number of alkyl halides is 2. The summed E-state index contributed by atoms with van der Waals surface area (Å²) in [7, 11) is 0. The molecular weight excluding hydrogens is 387 g/mol. The van der Waals surface area contributed by atoms with Crippen molar-refractivity contribution in [2.45, 2.75) is 30.0 Å². The second-order valence-electron chi connectivity index (χ2n) is 6.31. The van der Waals surface area contributed by atoms with Gasteiger partial charge in [0.05, 0.1) is 22.3 Å². The molecule has 2 aromatic rings. The molecule has 1 heterocycles. The van der Waals surface area contributed by atoms with E-state index < -0.39 is 28.4 Å². The highest BCUT2D eigenvalue weighted by atomic mass is 35.5. The van der Waals surface area contributed by atoms with Gasteiger partial charge in [-0.3, -0.25) is 14.4 Å². The molecule has 1 aliphatic rings. The van der Waals surface area contributed by atoms with Crippen LogP contribution in [0.4, 0.5) is 11.4 Å². The Kier molecular flexibility index (Phi) is 5.82. The van der Waals surface area contributed by atoms with Crippen LogP contribution >= 0.6 is 23.2 Å². The summed E-state index contributed by atoms with van der Waals surface area (Å²) in [6.07, 6.45) is 0.862. The number of carbonyl (C=O) groups is 3. The first-order valence-corrected chi connectivity index (χ1v) is 9.42. The second kappa shape index (κ2) is 8.11. The van der Waals surface area contributed by atoms with Crippen LogP contribution < -0.4 is 10.6 Å². The van der Waals surface area contributed by atoms with Gasteiger partial charge >= 0.3 is 0 Å². The minimum atomic E-state index is -0.982. The van der Waals surface area contributed by atoms with Gasteiger partial charge in [0.1, 0.15) is 5.38 Å². The average molecular weight is 405 g/mol. The standard InChI is InChI=1S/C20H18Cl2N2O3/c21-14-8-5-11-17(25)24(16-10-4-3-9-15(16)23)20(27)13-7-2-1-6-12(13)19(26)18(14)22/h1-4,6-7,9-10,14,18H,5,8,11,23H2. The Hall–Kier alpha value is -2.37. The zero-order valence-corrected chi connectivity index (χ0v) is 15.9. The van der Waals surface area contributed by atoms with E-state index in [2.05, 4.69) is 0 Å². The van der Waals surface area contributed by atoms with Crippen LogP contribution in [0, 0.1) is 0 Å². The number of imide groups is 1. The molecule has 27 heavy (non-hydrogen) atoms. The zero-order chi connectivity index (χ0) is 19.6. The Bertz CT molecular complexity index is 900. The SMILES string of the molecule is Nc1ccccc1N1C(=O)CCCC(Cl)C(Cl)C(=O)c2ccccc2C1=O. The van der Waals surface area contributed by atoms with Gasteiger partial charge in [0.2, 0.25) is 5.91 Å². The molecule has 0 aromatic heterocycles. The van der Waals surface area contributed by atoms with E-state index in [0.717, 1.165) is 4.90 Å². The molecule has 5 nitrogen and oxygen atoms in total. The maximum atomic E-state index is 13.3. The summed E-state index contributed by atoms with van der Waals surface area (Å²) in [6.45, 7) is 0. The van der Waals surface area contributed by atoms with Crippen LogP contribution in [0.1, 0.15) is 40.0 Å². The Morgan fingerprint density at radius 1 is 0.926 bits per heavy atom. The van der Waals surface area contributed by atoms with E-state index >= 15 is 0 Å². The highest BCUT2D eigenvalue weighted by molar-refractivity contribution is 6.40. The lowest BCUT2D eigenvalue weighted by atomic mass is 9.98. The number of para-hydroxylation sites is 2. The first-order chi connectivity index (χ1) is 12.9. The summed E-state index contributed by atoms with van der Waals surface area (Å²) < 4.78 is 0. The lowest BCUT2D eigenvalue weighted by Gasteiger charge is -2.23. The molecule has 140 valence electrons. The van der Waals surface area contributed by atoms with Crippen LogP contribution in [0.3, 0.4) is 0 Å². The summed E-state index contributed by atoms with van der Waals surface area (Å²) in [5, 5.41) is -1.62. The van der Waals surface area contributed by atoms with Crippen molar-refractivity contribution in [3.63, 3.8) is 0 Å². The third kappa shape index (κ3) is 3.84. The maximum Gasteiger partial charge on any atom is 0.265 e. The van der Waals surface area contributed by atoms with Crippen molar-refractivity contribution >= 4 is 52.2 Å². The quantitative estimate of drug-likeness (QED) is 0.442. The smallest absolute Gasteiger partial charge is 0.265 e. The zero-order valence-electron chi connectivity index (χ0n) is 14.4. The summed E-state index contributed by atoms with van der Waals surface area (Å²) in [5.74, 6) is -1.45. The summed E-state index contributed by atoms with van der Waals surface area (Å²) in [4.78, 5) is 40.0. The van der Waals surface area contributed by atoms with Crippen molar-refractivity contribution < 1.29 is 14.4 Å². The van der Waals surface area contributed by atoms with Gasteiger partial charge in [0.25, 0.3) is 5.91 Å². The number of nitrogens with zero attached hydrogens (tertiary/aromatic N) is 1. The van der Waals surface area contributed by atoms with E-state index in [0.29, 0.717) is 24.2 Å². The predicted molar refractivity (Wildman–Crippen MR) is 107 cm³/mol. The lowest BCUT2D eigenvalue weighted by Crippen LogP contribution is -2.38. The number of carbonyl (C=O) groups excluding carboxylic acids is 3. The number of fused-ring (bicyclic) bond motifs is 1. The fraction of sp³-hybridized carbons (Fsp3) is 0.250. The second-order valence-corrected chi connectivity index (χ2v) is 7.34. The van der Waals surface area contributed by atoms with Crippen LogP contribution in [0.15, 0.2) is 48.5 Å². The highest BCUT2D eigenvalue weighted by Gasteiger charge is 2.33. The van der Waals surface area contributed by atoms with Crippen LogP contribution in [0.5, 0.6) is 0 Å². The van der Waals surface area contributed by atoms with E-state index in [-0.39, 0.29) is 17.5 Å². The molecule has 0 saturated heterocycles. The molecule has 0 saturated carbocycles. The van der Waals surface area contributed by atoms with Gasteiger partial charge < -0.3 is 5.73 Å². The molecule has 2 N–H and O–H groups in total. The van der Waals surface area contributed by atoms with Crippen LogP contribution in [0.2, 0.25) is 0 Å². The third-order valence-corrected chi connectivity index (χ3v) is 5.59.